The molecular formula is C18H29FN2. The Labute approximate surface area is 128 Å². The predicted molar refractivity (Wildman–Crippen MR) is 86.8 cm³/mol. The van der Waals surface area contributed by atoms with E-state index in [-0.39, 0.29) is 11.9 Å². The fourth-order valence-corrected chi connectivity index (χ4v) is 3.27. The summed E-state index contributed by atoms with van der Waals surface area (Å²) in [6.07, 6.45) is 5.10. The Morgan fingerprint density at radius 1 is 1.19 bits per heavy atom. The number of rotatable bonds is 6. The third kappa shape index (κ3) is 5.08. The quantitative estimate of drug-likeness (QED) is 0.827. The predicted octanol–water partition coefficient (Wildman–Crippen LogP) is 4.03. The van der Waals surface area contributed by atoms with Gasteiger partial charge < -0.3 is 10.6 Å². The van der Waals surface area contributed by atoms with E-state index in [1.54, 1.807) is 12.1 Å². The van der Waals surface area contributed by atoms with E-state index in [9.17, 15) is 4.39 Å². The van der Waals surface area contributed by atoms with Crippen LogP contribution in [0, 0.1) is 11.7 Å². The molecule has 0 aromatic heterocycles. The summed E-state index contributed by atoms with van der Waals surface area (Å²) in [5.74, 6) is 0.318. The highest BCUT2D eigenvalue weighted by atomic mass is 19.1. The minimum absolute atomic E-state index is 0.166. The van der Waals surface area contributed by atoms with Crippen molar-refractivity contribution < 1.29 is 4.39 Å². The SMILES string of the molecule is CC(CC1CCCCN1)NC(c1ccc(F)cc1)C(C)C. The normalized spacial score (nSPS) is 22.2. The topological polar surface area (TPSA) is 24.1 Å². The lowest BCUT2D eigenvalue weighted by Crippen LogP contribution is -2.41. The number of benzene rings is 1. The Bertz CT molecular complexity index is 410. The molecule has 2 rings (SSSR count). The van der Waals surface area contributed by atoms with Crippen molar-refractivity contribution in [3.05, 3.63) is 35.6 Å². The Morgan fingerprint density at radius 2 is 1.90 bits per heavy atom. The van der Waals surface area contributed by atoms with Gasteiger partial charge >= 0.3 is 0 Å². The van der Waals surface area contributed by atoms with E-state index < -0.39 is 0 Å². The van der Waals surface area contributed by atoms with Crippen molar-refractivity contribution in [3.8, 4) is 0 Å². The largest absolute Gasteiger partial charge is 0.314 e. The number of hydrogen-bond acceptors (Lipinski definition) is 2. The van der Waals surface area contributed by atoms with Crippen molar-refractivity contribution in [1.29, 1.82) is 0 Å². The second-order valence-corrected chi connectivity index (χ2v) is 6.72. The molecular weight excluding hydrogens is 263 g/mol. The first kappa shape index (κ1) is 16.4. The zero-order chi connectivity index (χ0) is 15.2. The van der Waals surface area contributed by atoms with Crippen LogP contribution in [-0.2, 0) is 0 Å². The fraction of sp³-hybridized carbons (Fsp3) is 0.667. The molecule has 1 aromatic carbocycles. The summed E-state index contributed by atoms with van der Waals surface area (Å²) >= 11 is 0. The van der Waals surface area contributed by atoms with Crippen molar-refractivity contribution in [2.75, 3.05) is 6.54 Å². The molecule has 21 heavy (non-hydrogen) atoms. The van der Waals surface area contributed by atoms with Crippen LogP contribution in [0.5, 0.6) is 0 Å². The van der Waals surface area contributed by atoms with Gasteiger partial charge in [-0.2, -0.15) is 0 Å². The summed E-state index contributed by atoms with van der Waals surface area (Å²) in [7, 11) is 0. The summed E-state index contributed by atoms with van der Waals surface area (Å²) in [4.78, 5) is 0. The summed E-state index contributed by atoms with van der Waals surface area (Å²) in [6.45, 7) is 7.84. The Hall–Kier alpha value is -0.930. The molecule has 1 heterocycles. The second kappa shape index (κ2) is 7.90. The van der Waals surface area contributed by atoms with E-state index in [0.29, 0.717) is 18.0 Å². The maximum atomic E-state index is 13.1. The van der Waals surface area contributed by atoms with Gasteiger partial charge in [-0.3, -0.25) is 0 Å². The third-order valence-corrected chi connectivity index (χ3v) is 4.41. The number of halogens is 1. The van der Waals surface area contributed by atoms with E-state index in [1.165, 1.54) is 24.8 Å². The lowest BCUT2D eigenvalue weighted by atomic mass is 9.93. The minimum Gasteiger partial charge on any atom is -0.314 e. The molecule has 0 aliphatic carbocycles. The fourth-order valence-electron chi connectivity index (χ4n) is 3.27. The van der Waals surface area contributed by atoms with Crippen molar-refractivity contribution in [2.24, 2.45) is 5.92 Å². The van der Waals surface area contributed by atoms with Crippen LogP contribution in [0.25, 0.3) is 0 Å². The zero-order valence-electron chi connectivity index (χ0n) is 13.5. The zero-order valence-corrected chi connectivity index (χ0v) is 13.5. The monoisotopic (exact) mass is 292 g/mol. The standard InChI is InChI=1S/C18H29FN2/c1-13(2)18(15-7-9-16(19)10-8-15)21-14(3)12-17-6-4-5-11-20-17/h7-10,13-14,17-18,20-21H,4-6,11-12H2,1-3H3. The van der Waals surface area contributed by atoms with Gasteiger partial charge in [0.15, 0.2) is 0 Å². The molecule has 0 spiro atoms. The van der Waals surface area contributed by atoms with Crippen molar-refractivity contribution >= 4 is 0 Å². The lowest BCUT2D eigenvalue weighted by Gasteiger charge is -2.31. The average Bonchev–Trinajstić information content (AvgIpc) is 2.47. The number of piperidine rings is 1. The van der Waals surface area contributed by atoms with E-state index in [0.717, 1.165) is 13.0 Å². The molecule has 1 saturated heterocycles. The van der Waals surface area contributed by atoms with Gasteiger partial charge in [-0.05, 0) is 56.3 Å². The molecule has 1 aliphatic rings. The maximum absolute atomic E-state index is 13.1. The van der Waals surface area contributed by atoms with Crippen LogP contribution in [0.1, 0.15) is 58.1 Å². The Kier molecular flexibility index (Phi) is 6.19. The second-order valence-electron chi connectivity index (χ2n) is 6.72. The molecule has 3 unspecified atom stereocenters. The highest BCUT2D eigenvalue weighted by Crippen LogP contribution is 2.23. The van der Waals surface area contributed by atoms with Crippen LogP contribution in [0.3, 0.4) is 0 Å². The molecule has 0 radical (unpaired) electrons. The first-order valence-corrected chi connectivity index (χ1v) is 8.31. The van der Waals surface area contributed by atoms with Gasteiger partial charge in [0.1, 0.15) is 5.82 Å². The molecule has 2 N–H and O–H groups in total. The summed E-state index contributed by atoms with van der Waals surface area (Å²) < 4.78 is 13.1. The molecule has 0 bridgehead atoms. The molecule has 2 nitrogen and oxygen atoms in total. The summed E-state index contributed by atoms with van der Waals surface area (Å²) in [5, 5.41) is 7.35. The maximum Gasteiger partial charge on any atom is 0.123 e. The lowest BCUT2D eigenvalue weighted by molar-refractivity contribution is 0.306. The molecule has 1 aromatic rings. The van der Waals surface area contributed by atoms with Crippen LogP contribution in [-0.4, -0.2) is 18.6 Å². The molecule has 0 saturated carbocycles. The highest BCUT2D eigenvalue weighted by molar-refractivity contribution is 5.20. The van der Waals surface area contributed by atoms with Gasteiger partial charge in [0.2, 0.25) is 0 Å². The van der Waals surface area contributed by atoms with E-state index >= 15 is 0 Å². The van der Waals surface area contributed by atoms with Crippen molar-refractivity contribution in [1.82, 2.24) is 10.6 Å². The van der Waals surface area contributed by atoms with Crippen molar-refractivity contribution in [2.45, 2.75) is 64.6 Å². The van der Waals surface area contributed by atoms with Crippen LogP contribution < -0.4 is 10.6 Å². The number of nitrogens with one attached hydrogen (secondary N) is 2. The third-order valence-electron chi connectivity index (χ3n) is 4.41. The molecule has 3 atom stereocenters. The van der Waals surface area contributed by atoms with E-state index in [2.05, 4.69) is 31.4 Å². The van der Waals surface area contributed by atoms with E-state index in [4.69, 9.17) is 0 Å². The molecule has 1 fully saturated rings. The first-order valence-electron chi connectivity index (χ1n) is 8.31. The Morgan fingerprint density at radius 3 is 2.48 bits per heavy atom. The van der Waals surface area contributed by atoms with Crippen LogP contribution in [0.2, 0.25) is 0 Å². The Balaban J connectivity index is 1.93. The summed E-state index contributed by atoms with van der Waals surface area (Å²) in [6, 6.07) is 8.29. The van der Waals surface area contributed by atoms with Crippen molar-refractivity contribution in [3.63, 3.8) is 0 Å². The molecule has 0 amide bonds. The van der Waals surface area contributed by atoms with Gasteiger partial charge in [-0.1, -0.05) is 32.4 Å². The van der Waals surface area contributed by atoms with Gasteiger partial charge in [0, 0.05) is 18.1 Å². The van der Waals surface area contributed by atoms with E-state index in [1.807, 2.05) is 12.1 Å². The van der Waals surface area contributed by atoms with Gasteiger partial charge in [-0.25, -0.2) is 4.39 Å². The van der Waals surface area contributed by atoms with Gasteiger partial charge in [0.05, 0.1) is 0 Å². The van der Waals surface area contributed by atoms with Gasteiger partial charge in [-0.15, -0.1) is 0 Å². The molecule has 3 heteroatoms. The summed E-state index contributed by atoms with van der Waals surface area (Å²) in [5.41, 5.74) is 1.18. The minimum atomic E-state index is -0.166. The molecule has 118 valence electrons. The smallest absolute Gasteiger partial charge is 0.123 e. The average molecular weight is 292 g/mol. The molecule has 1 aliphatic heterocycles. The van der Waals surface area contributed by atoms with Crippen LogP contribution >= 0.6 is 0 Å². The van der Waals surface area contributed by atoms with Crippen LogP contribution in [0.4, 0.5) is 4.39 Å². The highest BCUT2D eigenvalue weighted by Gasteiger charge is 2.21. The van der Waals surface area contributed by atoms with Crippen LogP contribution in [0.15, 0.2) is 24.3 Å². The first-order chi connectivity index (χ1) is 10.1. The number of hydrogen-bond donors (Lipinski definition) is 2. The van der Waals surface area contributed by atoms with Gasteiger partial charge in [0.25, 0.3) is 0 Å².